The number of hydrogen-bond donors (Lipinski definition) is 1. The topological polar surface area (TPSA) is 61.9 Å². The molecule has 1 N–H and O–H groups in total. The summed E-state index contributed by atoms with van der Waals surface area (Å²) in [6.45, 7) is 5.93. The summed E-state index contributed by atoms with van der Waals surface area (Å²) in [6, 6.07) is 0. The molecule has 1 saturated carbocycles. The number of aromatic amines is 1. The lowest BCUT2D eigenvalue weighted by Gasteiger charge is -2.60. The summed E-state index contributed by atoms with van der Waals surface area (Å²) in [4.78, 5) is 14.4. The summed E-state index contributed by atoms with van der Waals surface area (Å²) in [7, 11) is 2.19. The quantitative estimate of drug-likeness (QED) is 0.841. The highest BCUT2D eigenvalue weighted by molar-refractivity contribution is 5.91. The van der Waals surface area contributed by atoms with E-state index >= 15 is 0 Å². The molecule has 2 fully saturated rings. The molecule has 1 saturated heterocycles. The molecule has 5 atom stereocenters. The normalized spacial score (nSPS) is 41.9. The van der Waals surface area contributed by atoms with E-state index in [4.69, 9.17) is 0 Å². The number of rotatable bonds is 1. The second kappa shape index (κ2) is 5.30. The third-order valence-electron chi connectivity index (χ3n) is 8.20. The Labute approximate surface area is 154 Å². The van der Waals surface area contributed by atoms with Gasteiger partial charge in [-0.05, 0) is 54.4 Å². The number of carbonyl (C=O) groups is 1. The van der Waals surface area contributed by atoms with Crippen molar-refractivity contribution >= 4 is 11.4 Å². The molecule has 4 aliphatic rings. The summed E-state index contributed by atoms with van der Waals surface area (Å²) >= 11 is 0. The minimum Gasteiger partial charge on any atom is -0.377 e. The monoisotopic (exact) mass is 352 g/mol. The SMILES string of the molecule is CN1C[C@@H]2[C@H](CC[C@]3(C)C(c4c[nH]nn4)=CC[C@@H]23)[C@@]2(C)CCC(=O)C=C12. The van der Waals surface area contributed by atoms with Gasteiger partial charge in [-0.25, -0.2) is 0 Å². The van der Waals surface area contributed by atoms with Crippen molar-refractivity contribution in [1.29, 1.82) is 0 Å². The molecule has 0 spiro atoms. The highest BCUT2D eigenvalue weighted by atomic mass is 16.1. The number of likely N-dealkylation sites (tertiary alicyclic amines) is 1. The third kappa shape index (κ3) is 2.00. The summed E-state index contributed by atoms with van der Waals surface area (Å²) in [5, 5.41) is 11.1. The van der Waals surface area contributed by atoms with Crippen LogP contribution in [0.5, 0.6) is 0 Å². The predicted octanol–water partition coefficient (Wildman–Crippen LogP) is 3.44. The average molecular weight is 352 g/mol. The summed E-state index contributed by atoms with van der Waals surface area (Å²) in [5.74, 6) is 2.32. The van der Waals surface area contributed by atoms with Crippen molar-refractivity contribution in [3.63, 3.8) is 0 Å². The zero-order chi connectivity index (χ0) is 18.1. The fraction of sp³-hybridized carbons (Fsp3) is 0.667. The molecular weight excluding hydrogens is 324 g/mol. The third-order valence-corrected chi connectivity index (χ3v) is 8.20. The van der Waals surface area contributed by atoms with Gasteiger partial charge >= 0.3 is 0 Å². The molecule has 138 valence electrons. The average Bonchev–Trinajstić information content (AvgIpc) is 3.23. The van der Waals surface area contributed by atoms with Crippen LogP contribution in [0.1, 0.15) is 51.6 Å². The molecule has 1 aliphatic heterocycles. The van der Waals surface area contributed by atoms with Gasteiger partial charge in [0.15, 0.2) is 5.78 Å². The second-order valence-corrected chi connectivity index (χ2v) is 9.34. The van der Waals surface area contributed by atoms with Crippen LogP contribution in [0.25, 0.3) is 5.57 Å². The number of allylic oxidation sites excluding steroid dienone is 4. The molecule has 0 unspecified atom stereocenters. The number of H-pyrrole nitrogens is 1. The molecule has 1 aromatic heterocycles. The van der Waals surface area contributed by atoms with Crippen LogP contribution in [-0.2, 0) is 4.79 Å². The Kier molecular flexibility index (Phi) is 3.32. The number of nitrogens with zero attached hydrogens (tertiary/aromatic N) is 3. The molecule has 2 heterocycles. The van der Waals surface area contributed by atoms with Crippen LogP contribution >= 0.6 is 0 Å². The van der Waals surface area contributed by atoms with E-state index in [0.717, 1.165) is 25.1 Å². The van der Waals surface area contributed by atoms with Gasteiger partial charge in [0.25, 0.3) is 0 Å². The van der Waals surface area contributed by atoms with Gasteiger partial charge in [0.1, 0.15) is 5.69 Å². The van der Waals surface area contributed by atoms with Crippen molar-refractivity contribution in [3.8, 4) is 0 Å². The largest absolute Gasteiger partial charge is 0.377 e. The van der Waals surface area contributed by atoms with E-state index < -0.39 is 0 Å². The highest BCUT2D eigenvalue weighted by Crippen LogP contribution is 2.65. The van der Waals surface area contributed by atoms with Crippen LogP contribution in [0.3, 0.4) is 0 Å². The molecule has 5 rings (SSSR count). The Balaban J connectivity index is 1.51. The van der Waals surface area contributed by atoms with Gasteiger partial charge in [0.05, 0.1) is 0 Å². The van der Waals surface area contributed by atoms with Crippen LogP contribution in [-0.4, -0.2) is 39.7 Å². The Bertz CT molecular complexity index is 810. The predicted molar refractivity (Wildman–Crippen MR) is 99.8 cm³/mol. The zero-order valence-electron chi connectivity index (χ0n) is 16.0. The first-order chi connectivity index (χ1) is 12.4. The first-order valence-corrected chi connectivity index (χ1v) is 9.97. The maximum absolute atomic E-state index is 12.0. The molecule has 0 aromatic carbocycles. The Morgan fingerprint density at radius 3 is 2.85 bits per heavy atom. The molecule has 5 heteroatoms. The van der Waals surface area contributed by atoms with Crippen molar-refractivity contribution in [2.24, 2.45) is 28.6 Å². The van der Waals surface area contributed by atoms with Crippen molar-refractivity contribution in [3.05, 3.63) is 29.7 Å². The maximum Gasteiger partial charge on any atom is 0.157 e. The van der Waals surface area contributed by atoms with Crippen LogP contribution in [0.2, 0.25) is 0 Å². The fourth-order valence-electron chi connectivity index (χ4n) is 6.87. The Morgan fingerprint density at radius 2 is 2.08 bits per heavy atom. The standard InChI is InChI=1S/C21H28N4O/c1-20-9-7-16-14(15(20)4-5-17(20)18-11-22-24-23-18)12-25(3)19-10-13(26)6-8-21(16,19)2/h5,10-11,14-16H,4,6-9,12H2,1-3H3,(H,22,23,24)/t14-,15-,16-,20-,21+/m0/s1. The lowest BCUT2D eigenvalue weighted by molar-refractivity contribution is -0.118. The highest BCUT2D eigenvalue weighted by Gasteiger charge is 2.58. The molecule has 26 heavy (non-hydrogen) atoms. The minimum atomic E-state index is 0.156. The van der Waals surface area contributed by atoms with E-state index in [0.29, 0.717) is 30.0 Å². The lowest BCUT2D eigenvalue weighted by atomic mass is 9.49. The van der Waals surface area contributed by atoms with E-state index in [-0.39, 0.29) is 10.8 Å². The molecule has 3 aliphatic carbocycles. The molecule has 1 aromatic rings. The van der Waals surface area contributed by atoms with Crippen LogP contribution in [0.4, 0.5) is 0 Å². The first-order valence-electron chi connectivity index (χ1n) is 9.97. The van der Waals surface area contributed by atoms with Gasteiger partial charge < -0.3 is 4.90 Å². The number of piperidine rings is 1. The van der Waals surface area contributed by atoms with Crippen molar-refractivity contribution in [2.75, 3.05) is 13.6 Å². The smallest absolute Gasteiger partial charge is 0.157 e. The van der Waals surface area contributed by atoms with E-state index in [1.54, 1.807) is 0 Å². The van der Waals surface area contributed by atoms with E-state index in [9.17, 15) is 4.79 Å². The molecular formula is C21H28N4O. The summed E-state index contributed by atoms with van der Waals surface area (Å²) < 4.78 is 0. The molecule has 0 bridgehead atoms. The summed E-state index contributed by atoms with van der Waals surface area (Å²) in [5.41, 5.74) is 4.06. The lowest BCUT2D eigenvalue weighted by Crippen LogP contribution is -2.56. The number of hydrogen-bond acceptors (Lipinski definition) is 4. The number of carbonyl (C=O) groups excluding carboxylic acids is 1. The minimum absolute atomic E-state index is 0.156. The fourth-order valence-corrected chi connectivity index (χ4v) is 6.87. The van der Waals surface area contributed by atoms with Gasteiger partial charge in [0.2, 0.25) is 0 Å². The Hall–Kier alpha value is -1.91. The van der Waals surface area contributed by atoms with Gasteiger partial charge in [-0.3, -0.25) is 9.89 Å². The molecule has 0 radical (unpaired) electrons. The van der Waals surface area contributed by atoms with Gasteiger partial charge in [-0.2, -0.15) is 0 Å². The number of ketones is 1. The van der Waals surface area contributed by atoms with E-state index in [1.165, 1.54) is 24.1 Å². The van der Waals surface area contributed by atoms with Crippen molar-refractivity contribution in [1.82, 2.24) is 20.3 Å². The maximum atomic E-state index is 12.0. The van der Waals surface area contributed by atoms with Crippen LogP contribution < -0.4 is 0 Å². The van der Waals surface area contributed by atoms with Crippen molar-refractivity contribution < 1.29 is 4.79 Å². The number of aromatic nitrogens is 3. The Morgan fingerprint density at radius 1 is 1.23 bits per heavy atom. The first kappa shape index (κ1) is 16.3. The van der Waals surface area contributed by atoms with E-state index in [1.807, 2.05) is 12.3 Å². The molecule has 5 nitrogen and oxygen atoms in total. The summed E-state index contributed by atoms with van der Waals surface area (Å²) in [6.07, 6.45) is 11.6. The van der Waals surface area contributed by atoms with Gasteiger partial charge in [0, 0.05) is 43.4 Å². The zero-order valence-corrected chi connectivity index (χ0v) is 16.0. The second-order valence-electron chi connectivity index (χ2n) is 9.34. The van der Waals surface area contributed by atoms with Crippen molar-refractivity contribution in [2.45, 2.75) is 46.0 Å². The van der Waals surface area contributed by atoms with Gasteiger partial charge in [-0.1, -0.05) is 25.1 Å². The molecule has 0 amide bonds. The number of nitrogens with one attached hydrogen (secondary N) is 1. The number of fused-ring (bicyclic) bond motifs is 5. The van der Waals surface area contributed by atoms with Crippen LogP contribution in [0, 0.1) is 28.6 Å². The van der Waals surface area contributed by atoms with Gasteiger partial charge in [-0.15, -0.1) is 5.10 Å². The van der Waals surface area contributed by atoms with E-state index in [2.05, 4.69) is 47.3 Å². The van der Waals surface area contributed by atoms with Crippen LogP contribution in [0.15, 0.2) is 24.0 Å².